The molecule has 0 saturated carbocycles. The van der Waals surface area contributed by atoms with Crippen LogP contribution in [0.3, 0.4) is 0 Å². The van der Waals surface area contributed by atoms with E-state index in [-0.39, 0.29) is 40.7 Å². The smallest absolute Gasteiger partial charge is 0.258 e. The molecule has 4 N–H and O–H groups in total. The Balaban J connectivity index is 0.725. The van der Waals surface area contributed by atoms with Gasteiger partial charge in [0.05, 0.1) is 36.6 Å². The highest BCUT2D eigenvalue weighted by molar-refractivity contribution is 5.97. The molecule has 5 aliphatic rings. The highest BCUT2D eigenvalue weighted by atomic mass is 16.5. The van der Waals surface area contributed by atoms with Gasteiger partial charge in [-0.05, 0) is 59.4 Å². The van der Waals surface area contributed by atoms with E-state index in [9.17, 15) is 19.8 Å². The predicted octanol–water partition coefficient (Wildman–Crippen LogP) is 3.46. The Bertz CT molecular complexity index is 2270. The Hall–Kier alpha value is -5.42. The van der Waals surface area contributed by atoms with Crippen molar-refractivity contribution in [3.63, 3.8) is 0 Å². The molecular formula is C46H59N11O5. The quantitative estimate of drug-likeness (QED) is 0.211. The van der Waals surface area contributed by atoms with Crippen LogP contribution in [0.5, 0.6) is 11.5 Å². The van der Waals surface area contributed by atoms with Crippen LogP contribution in [-0.4, -0.2) is 152 Å². The topological polar surface area (TPSA) is 181 Å². The molecule has 3 fully saturated rings. The first-order chi connectivity index (χ1) is 30.0. The molecule has 16 heteroatoms. The Labute approximate surface area is 363 Å². The van der Waals surface area contributed by atoms with Gasteiger partial charge in [0.2, 0.25) is 11.9 Å². The molecule has 2 amide bonds. The van der Waals surface area contributed by atoms with E-state index < -0.39 is 0 Å². The standard InChI is InChI=1S/C46H59N11O5/c1-30(2)37-20-38(41(59)21-40(37)58)45(61)57-26-33-4-3-32(19-34(33)27-57)25-53-13-11-52(12-14-53)24-31-5-9-55(10-6-31)42(60)29-54-8-7-36-39(28-54)50-43(35-22-48-46(47)49-23-35)51-44(36)56-15-17-62-18-16-56/h3-4,19-23,30-31,58-59H,5-18,24-29H2,1-2H3,(H2,47,48,49). The van der Waals surface area contributed by atoms with Gasteiger partial charge in [-0.2, -0.15) is 0 Å². The second kappa shape index (κ2) is 18.1. The number of nitrogens with two attached hydrogens (primary N) is 1. The number of ether oxygens (including phenoxy) is 1. The fraction of sp³-hybridized carbons (Fsp3) is 0.522. The Kier molecular flexibility index (Phi) is 12.3. The number of anilines is 2. The number of phenols is 2. The van der Waals surface area contributed by atoms with E-state index in [1.54, 1.807) is 23.4 Å². The van der Waals surface area contributed by atoms with Crippen LogP contribution in [0.25, 0.3) is 11.4 Å². The molecule has 328 valence electrons. The molecule has 62 heavy (non-hydrogen) atoms. The normalized spacial score (nSPS) is 19.2. The monoisotopic (exact) mass is 845 g/mol. The molecule has 0 spiro atoms. The van der Waals surface area contributed by atoms with Crippen LogP contribution in [-0.2, 0) is 42.1 Å². The average Bonchev–Trinajstić information content (AvgIpc) is 3.71. The number of likely N-dealkylation sites (tertiary alicyclic amines) is 1. The van der Waals surface area contributed by atoms with E-state index in [2.05, 4.69) is 52.7 Å². The van der Waals surface area contributed by atoms with Gasteiger partial charge in [0, 0.05) is 116 Å². The lowest BCUT2D eigenvalue weighted by Gasteiger charge is -2.39. The maximum absolute atomic E-state index is 13.7. The van der Waals surface area contributed by atoms with Crippen molar-refractivity contribution in [2.24, 2.45) is 5.92 Å². The number of benzene rings is 2. The van der Waals surface area contributed by atoms with E-state index in [4.69, 9.17) is 20.4 Å². The number of hydrogen-bond acceptors (Lipinski definition) is 14. The Morgan fingerprint density at radius 3 is 2.27 bits per heavy atom. The van der Waals surface area contributed by atoms with Gasteiger partial charge in [-0.25, -0.2) is 19.9 Å². The molecule has 16 nitrogen and oxygen atoms in total. The van der Waals surface area contributed by atoms with Crippen LogP contribution in [0.4, 0.5) is 11.8 Å². The molecular weight excluding hydrogens is 787 g/mol. The van der Waals surface area contributed by atoms with Crippen LogP contribution >= 0.6 is 0 Å². The van der Waals surface area contributed by atoms with Gasteiger partial charge in [0.15, 0.2) is 5.82 Å². The molecule has 7 heterocycles. The highest BCUT2D eigenvalue weighted by Crippen LogP contribution is 2.35. The van der Waals surface area contributed by atoms with Crippen LogP contribution in [0.1, 0.15) is 76.5 Å². The summed E-state index contributed by atoms with van der Waals surface area (Å²) in [6.45, 7) is 17.1. The zero-order valence-corrected chi connectivity index (χ0v) is 36.0. The zero-order chi connectivity index (χ0) is 42.9. The molecule has 2 aromatic carbocycles. The van der Waals surface area contributed by atoms with Crippen LogP contribution < -0.4 is 10.6 Å². The minimum atomic E-state index is -0.226. The number of phenolic OH excluding ortho intramolecular Hbond substituents is 2. The summed E-state index contributed by atoms with van der Waals surface area (Å²) < 4.78 is 5.62. The third-order valence-electron chi connectivity index (χ3n) is 13.4. The molecule has 3 saturated heterocycles. The Morgan fingerprint density at radius 1 is 0.806 bits per heavy atom. The molecule has 4 aromatic rings. The van der Waals surface area contributed by atoms with Crippen LogP contribution in [0.15, 0.2) is 42.7 Å². The lowest BCUT2D eigenvalue weighted by atomic mass is 9.95. The van der Waals surface area contributed by atoms with Crippen LogP contribution in [0, 0.1) is 5.92 Å². The summed E-state index contributed by atoms with van der Waals surface area (Å²) in [5, 5.41) is 20.8. The molecule has 2 aromatic heterocycles. The van der Waals surface area contributed by atoms with Gasteiger partial charge in [0.25, 0.3) is 5.91 Å². The Morgan fingerprint density at radius 2 is 1.53 bits per heavy atom. The molecule has 0 aliphatic carbocycles. The number of nitrogens with zero attached hydrogens (tertiary/aromatic N) is 10. The number of carbonyl (C=O) groups is 2. The molecule has 0 bridgehead atoms. The largest absolute Gasteiger partial charge is 0.508 e. The minimum Gasteiger partial charge on any atom is -0.508 e. The number of nitrogen functional groups attached to an aromatic ring is 1. The van der Waals surface area contributed by atoms with Gasteiger partial charge in [0.1, 0.15) is 17.3 Å². The third-order valence-corrected chi connectivity index (χ3v) is 13.4. The number of amides is 2. The highest BCUT2D eigenvalue weighted by Gasteiger charge is 2.32. The van der Waals surface area contributed by atoms with E-state index in [0.717, 1.165) is 119 Å². The summed E-state index contributed by atoms with van der Waals surface area (Å²) in [4.78, 5) is 58.9. The lowest BCUT2D eigenvalue weighted by Crippen LogP contribution is -2.49. The van der Waals surface area contributed by atoms with E-state index in [1.165, 1.54) is 11.6 Å². The fourth-order valence-corrected chi connectivity index (χ4v) is 9.72. The molecule has 9 rings (SSSR count). The molecule has 0 unspecified atom stereocenters. The van der Waals surface area contributed by atoms with E-state index >= 15 is 0 Å². The van der Waals surface area contributed by atoms with Crippen molar-refractivity contribution < 1.29 is 24.5 Å². The minimum absolute atomic E-state index is 0.00778. The number of fused-ring (bicyclic) bond motifs is 2. The van der Waals surface area contributed by atoms with Crippen molar-refractivity contribution in [3.05, 3.63) is 81.8 Å². The average molecular weight is 846 g/mol. The summed E-state index contributed by atoms with van der Waals surface area (Å²) in [7, 11) is 0. The number of piperazine rings is 1. The molecule has 5 aliphatic heterocycles. The van der Waals surface area contributed by atoms with E-state index in [0.29, 0.717) is 62.3 Å². The summed E-state index contributed by atoms with van der Waals surface area (Å²) in [6.07, 6.45) is 6.16. The van der Waals surface area contributed by atoms with Crippen molar-refractivity contribution >= 4 is 23.6 Å². The summed E-state index contributed by atoms with van der Waals surface area (Å²) >= 11 is 0. The molecule has 0 atom stereocenters. The van der Waals surface area contributed by atoms with Crippen LogP contribution in [0.2, 0.25) is 0 Å². The number of aromatic hydroxyl groups is 2. The van der Waals surface area contributed by atoms with Crippen molar-refractivity contribution in [2.45, 2.75) is 65.2 Å². The second-order valence-corrected chi connectivity index (χ2v) is 17.9. The SMILES string of the molecule is CC(C)c1cc(C(=O)N2Cc3ccc(CN4CCN(CC5CCN(C(=O)CN6CCc7c(nc(-c8cnc(N)nc8)nc7N7CCOCC7)C6)CC5)CC4)cc3C2)c(O)cc1O. The van der Waals surface area contributed by atoms with Crippen molar-refractivity contribution in [3.8, 4) is 22.9 Å². The first kappa shape index (κ1) is 41.9. The van der Waals surface area contributed by atoms with Crippen molar-refractivity contribution in [1.82, 2.24) is 44.4 Å². The number of carbonyl (C=O) groups excluding carboxylic acids is 2. The summed E-state index contributed by atoms with van der Waals surface area (Å²) in [6, 6.07) is 9.45. The number of rotatable bonds is 10. The number of hydrogen-bond donors (Lipinski definition) is 3. The van der Waals surface area contributed by atoms with Gasteiger partial charge in [-0.15, -0.1) is 0 Å². The third kappa shape index (κ3) is 9.19. The lowest BCUT2D eigenvalue weighted by molar-refractivity contribution is -0.134. The summed E-state index contributed by atoms with van der Waals surface area (Å²) in [5.41, 5.74) is 13.0. The van der Waals surface area contributed by atoms with Gasteiger partial charge in [-0.1, -0.05) is 32.0 Å². The number of morpholine rings is 1. The maximum atomic E-state index is 13.7. The molecule has 0 radical (unpaired) electrons. The van der Waals surface area contributed by atoms with Crippen molar-refractivity contribution in [1.29, 1.82) is 0 Å². The predicted molar refractivity (Wildman–Crippen MR) is 234 cm³/mol. The van der Waals surface area contributed by atoms with Gasteiger partial charge >= 0.3 is 0 Å². The first-order valence-corrected chi connectivity index (χ1v) is 22.3. The second-order valence-electron chi connectivity index (χ2n) is 17.9. The summed E-state index contributed by atoms with van der Waals surface area (Å²) in [5.74, 6) is 2.11. The number of piperidine rings is 1. The van der Waals surface area contributed by atoms with Gasteiger partial charge < -0.3 is 40.3 Å². The maximum Gasteiger partial charge on any atom is 0.258 e. The number of aromatic nitrogens is 4. The fourth-order valence-electron chi connectivity index (χ4n) is 9.72. The first-order valence-electron chi connectivity index (χ1n) is 22.3. The van der Waals surface area contributed by atoms with Crippen molar-refractivity contribution in [2.75, 3.05) is 95.8 Å². The van der Waals surface area contributed by atoms with E-state index in [1.807, 2.05) is 13.8 Å². The zero-order valence-electron chi connectivity index (χ0n) is 36.0. The van der Waals surface area contributed by atoms with Gasteiger partial charge in [-0.3, -0.25) is 19.4 Å².